The van der Waals surface area contributed by atoms with Crippen molar-refractivity contribution in [2.24, 2.45) is 5.92 Å². The van der Waals surface area contributed by atoms with Gasteiger partial charge in [-0.05, 0) is 55.2 Å². The fraction of sp³-hybridized carbons (Fsp3) is 0.360. The molecule has 3 aromatic heterocycles. The van der Waals surface area contributed by atoms with E-state index in [1.54, 1.807) is 11.3 Å². The van der Waals surface area contributed by atoms with Gasteiger partial charge in [0.15, 0.2) is 0 Å². The van der Waals surface area contributed by atoms with Gasteiger partial charge in [0.2, 0.25) is 5.95 Å². The predicted molar refractivity (Wildman–Crippen MR) is 141 cm³/mol. The van der Waals surface area contributed by atoms with Crippen LogP contribution in [0.5, 0.6) is 0 Å². The minimum absolute atomic E-state index is 0.0833. The Kier molecular flexibility index (Phi) is 6.73. The van der Waals surface area contributed by atoms with E-state index in [0.29, 0.717) is 30.1 Å². The van der Waals surface area contributed by atoms with E-state index in [2.05, 4.69) is 21.7 Å². The van der Waals surface area contributed by atoms with E-state index < -0.39 is 0 Å². The van der Waals surface area contributed by atoms with Crippen LogP contribution in [0.25, 0.3) is 20.8 Å². The van der Waals surface area contributed by atoms with E-state index >= 15 is 0 Å². The van der Waals surface area contributed by atoms with Gasteiger partial charge in [-0.1, -0.05) is 18.2 Å². The van der Waals surface area contributed by atoms with Crippen molar-refractivity contribution in [3.8, 4) is 9.88 Å². The third-order valence-electron chi connectivity index (χ3n) is 6.21. The molecule has 1 aliphatic carbocycles. The highest BCUT2D eigenvalue weighted by Gasteiger charge is 2.23. The summed E-state index contributed by atoms with van der Waals surface area (Å²) in [5.74, 6) is 2.00. The number of carbonyl (C=O) groups excluding carboxylic acids is 1. The molecule has 1 aromatic carbocycles. The Morgan fingerprint density at radius 3 is 2.62 bits per heavy atom. The summed E-state index contributed by atoms with van der Waals surface area (Å²) in [6.07, 6.45) is 4.19. The van der Waals surface area contributed by atoms with Gasteiger partial charge in [0.1, 0.15) is 16.5 Å². The zero-order chi connectivity index (χ0) is 23.5. The zero-order valence-electron chi connectivity index (χ0n) is 19.3. The number of amides is 1. The van der Waals surface area contributed by atoms with Crippen LogP contribution in [0, 0.1) is 5.92 Å². The van der Waals surface area contributed by atoms with Gasteiger partial charge < -0.3 is 15.5 Å². The van der Waals surface area contributed by atoms with Gasteiger partial charge in [-0.2, -0.15) is 4.98 Å². The molecule has 7 nitrogen and oxygen atoms in total. The molecule has 3 heterocycles. The number of fused-ring (bicyclic) bond motifs is 1. The fourth-order valence-electron chi connectivity index (χ4n) is 4.38. The van der Waals surface area contributed by atoms with E-state index in [1.807, 2.05) is 60.1 Å². The van der Waals surface area contributed by atoms with Crippen molar-refractivity contribution in [3.05, 3.63) is 52.9 Å². The average Bonchev–Trinajstić information content (AvgIpc) is 3.55. The molecule has 0 bridgehead atoms. The summed E-state index contributed by atoms with van der Waals surface area (Å²) in [5.41, 5.74) is 1.46. The molecule has 0 unspecified atom stereocenters. The number of aromatic nitrogens is 3. The summed E-state index contributed by atoms with van der Waals surface area (Å²) in [6.45, 7) is 0.689. The van der Waals surface area contributed by atoms with Crippen LogP contribution in [0.3, 0.4) is 0 Å². The van der Waals surface area contributed by atoms with Gasteiger partial charge in [0.05, 0.1) is 10.4 Å². The number of anilines is 2. The van der Waals surface area contributed by atoms with Crippen LogP contribution in [0.1, 0.15) is 36.2 Å². The van der Waals surface area contributed by atoms with Crippen LogP contribution < -0.4 is 15.5 Å². The molecule has 9 heteroatoms. The lowest BCUT2D eigenvalue weighted by atomic mass is 9.86. The number of benzene rings is 1. The largest absolute Gasteiger partial charge is 0.362 e. The normalized spacial score (nSPS) is 18.1. The Morgan fingerprint density at radius 2 is 1.85 bits per heavy atom. The molecule has 176 valence electrons. The van der Waals surface area contributed by atoms with Crippen molar-refractivity contribution in [3.63, 3.8) is 0 Å². The molecule has 4 aromatic rings. The highest BCUT2D eigenvalue weighted by molar-refractivity contribution is 7.20. The molecule has 0 aliphatic heterocycles. The highest BCUT2D eigenvalue weighted by Crippen LogP contribution is 2.29. The minimum atomic E-state index is -0.0833. The number of carbonyl (C=O) groups is 1. The first-order valence-electron chi connectivity index (χ1n) is 11.5. The zero-order valence-corrected chi connectivity index (χ0v) is 21.0. The molecular weight excluding hydrogens is 464 g/mol. The van der Waals surface area contributed by atoms with Crippen molar-refractivity contribution in [2.45, 2.75) is 31.7 Å². The lowest BCUT2D eigenvalue weighted by Gasteiger charge is -2.29. The van der Waals surface area contributed by atoms with Crippen molar-refractivity contribution in [2.75, 3.05) is 30.9 Å². The van der Waals surface area contributed by atoms with Crippen LogP contribution in [0.2, 0.25) is 0 Å². The molecule has 0 spiro atoms. The van der Waals surface area contributed by atoms with Crippen LogP contribution in [0.15, 0.2) is 47.2 Å². The second-order valence-electron chi connectivity index (χ2n) is 8.87. The highest BCUT2D eigenvalue weighted by atomic mass is 32.1. The van der Waals surface area contributed by atoms with Crippen molar-refractivity contribution < 1.29 is 4.79 Å². The van der Waals surface area contributed by atoms with Gasteiger partial charge in [0.25, 0.3) is 5.91 Å². The number of thiophene rings is 1. The second kappa shape index (κ2) is 10.1. The molecule has 1 fully saturated rings. The Bertz CT molecular complexity index is 1260. The molecule has 1 saturated carbocycles. The standard InChI is InChI=1S/C25H28N6OS2/c1-31(2)22-18-6-3-4-7-19(18)29-25(30-22)27-17-11-9-16(10-12-17)14-26-23(32)20-15-34-24(28-20)21-8-5-13-33-21/h3-8,13,15-17H,9-12,14H2,1-2H3,(H,26,32)(H,27,29,30)/t16-,17+. The number of para-hydroxylation sites is 1. The smallest absolute Gasteiger partial charge is 0.270 e. The van der Waals surface area contributed by atoms with Crippen molar-refractivity contribution in [1.29, 1.82) is 0 Å². The number of hydrogen-bond acceptors (Lipinski definition) is 8. The molecule has 2 N–H and O–H groups in total. The third-order valence-corrected chi connectivity index (χ3v) is 8.09. The van der Waals surface area contributed by atoms with Crippen LogP contribution in [-0.2, 0) is 0 Å². The third kappa shape index (κ3) is 5.05. The summed E-state index contributed by atoms with van der Waals surface area (Å²) in [6, 6.07) is 12.5. The number of hydrogen-bond donors (Lipinski definition) is 2. The number of nitrogens with one attached hydrogen (secondary N) is 2. The fourth-order valence-corrected chi connectivity index (χ4v) is 5.99. The Hall–Kier alpha value is -3.04. The van der Waals surface area contributed by atoms with E-state index in [4.69, 9.17) is 9.97 Å². The quantitative estimate of drug-likeness (QED) is 0.365. The van der Waals surface area contributed by atoms with Crippen LogP contribution >= 0.6 is 22.7 Å². The van der Waals surface area contributed by atoms with Gasteiger partial charge in [-0.15, -0.1) is 22.7 Å². The Labute approximate surface area is 207 Å². The second-order valence-corrected chi connectivity index (χ2v) is 10.7. The van der Waals surface area contributed by atoms with Gasteiger partial charge in [-0.25, -0.2) is 9.97 Å². The van der Waals surface area contributed by atoms with Gasteiger partial charge in [0, 0.05) is 37.4 Å². The summed E-state index contributed by atoms with van der Waals surface area (Å²) in [5, 5.41) is 12.5. The number of nitrogens with zero attached hydrogens (tertiary/aromatic N) is 4. The summed E-state index contributed by atoms with van der Waals surface area (Å²) >= 11 is 3.16. The minimum Gasteiger partial charge on any atom is -0.362 e. The maximum Gasteiger partial charge on any atom is 0.270 e. The van der Waals surface area contributed by atoms with E-state index in [-0.39, 0.29) is 5.91 Å². The van der Waals surface area contributed by atoms with E-state index in [0.717, 1.165) is 52.3 Å². The topological polar surface area (TPSA) is 83.0 Å². The molecule has 0 atom stereocenters. The first-order valence-corrected chi connectivity index (χ1v) is 13.3. The molecular formula is C25H28N6OS2. The van der Waals surface area contributed by atoms with E-state index in [9.17, 15) is 4.79 Å². The maximum atomic E-state index is 12.6. The first kappa shape index (κ1) is 22.7. The molecule has 1 aliphatic rings. The summed E-state index contributed by atoms with van der Waals surface area (Å²) < 4.78 is 0. The summed E-state index contributed by atoms with van der Waals surface area (Å²) in [4.78, 5) is 29.7. The first-order chi connectivity index (χ1) is 16.6. The average molecular weight is 493 g/mol. The number of thiazole rings is 1. The molecule has 34 heavy (non-hydrogen) atoms. The molecule has 0 saturated heterocycles. The molecule has 1 amide bonds. The van der Waals surface area contributed by atoms with Crippen LogP contribution in [-0.4, -0.2) is 47.5 Å². The number of rotatable bonds is 7. The Morgan fingerprint density at radius 1 is 1.03 bits per heavy atom. The monoisotopic (exact) mass is 492 g/mol. The van der Waals surface area contributed by atoms with Gasteiger partial charge >= 0.3 is 0 Å². The summed E-state index contributed by atoms with van der Waals surface area (Å²) in [7, 11) is 4.01. The maximum absolute atomic E-state index is 12.6. The lowest BCUT2D eigenvalue weighted by Crippen LogP contribution is -2.34. The van der Waals surface area contributed by atoms with Gasteiger partial charge in [-0.3, -0.25) is 4.79 Å². The van der Waals surface area contributed by atoms with Crippen LogP contribution in [0.4, 0.5) is 11.8 Å². The SMILES string of the molecule is CN(C)c1nc(N[C@H]2CC[C@@H](CNC(=O)c3csc(-c4cccs4)n3)CC2)nc2ccccc12. The molecule has 5 rings (SSSR count). The molecule has 0 radical (unpaired) electrons. The van der Waals surface area contributed by atoms with Crippen molar-refractivity contribution in [1.82, 2.24) is 20.3 Å². The van der Waals surface area contributed by atoms with E-state index in [1.165, 1.54) is 11.3 Å². The predicted octanol–water partition coefficient (Wildman–Crippen LogP) is 5.28. The van der Waals surface area contributed by atoms with Crippen molar-refractivity contribution >= 4 is 51.2 Å². The lowest BCUT2D eigenvalue weighted by molar-refractivity contribution is 0.0939. The Balaban J connectivity index is 1.13.